The molecule has 4 fully saturated rings. The summed E-state index contributed by atoms with van der Waals surface area (Å²) in [7, 11) is 0. The highest BCUT2D eigenvalue weighted by molar-refractivity contribution is 5.29. The number of hydrogen-bond donors (Lipinski definition) is 1. The van der Waals surface area contributed by atoms with Gasteiger partial charge in [0.1, 0.15) is 0 Å². The molecule has 1 aromatic rings. The first-order chi connectivity index (χ1) is 9.11. The van der Waals surface area contributed by atoms with Gasteiger partial charge in [0, 0.05) is 23.5 Å². The van der Waals surface area contributed by atoms with E-state index >= 15 is 0 Å². The van der Waals surface area contributed by atoms with Crippen LogP contribution in [0.25, 0.3) is 0 Å². The summed E-state index contributed by atoms with van der Waals surface area (Å²) in [5, 5.41) is 0. The number of aryl methyl sites for hydroxylation is 1. The van der Waals surface area contributed by atoms with Crippen molar-refractivity contribution < 1.29 is 0 Å². The second kappa shape index (κ2) is 3.88. The van der Waals surface area contributed by atoms with Crippen LogP contribution in [0.15, 0.2) is 6.07 Å². The van der Waals surface area contributed by atoms with Crippen LogP contribution in [0.4, 0.5) is 0 Å². The summed E-state index contributed by atoms with van der Waals surface area (Å²) < 4.78 is 2.69. The topological polar surface area (TPSA) is 30.9 Å². The summed E-state index contributed by atoms with van der Waals surface area (Å²) in [6, 6.07) is 2.33. The fourth-order valence-corrected chi connectivity index (χ4v) is 6.10. The number of nitrogens with two attached hydrogens (primary N) is 1. The lowest BCUT2D eigenvalue weighted by Crippen LogP contribution is -2.52. The van der Waals surface area contributed by atoms with Gasteiger partial charge in [-0.25, -0.2) is 0 Å². The normalized spacial score (nSPS) is 40.1. The Hall–Kier alpha value is -0.760. The van der Waals surface area contributed by atoms with Crippen molar-refractivity contribution in [1.82, 2.24) is 4.57 Å². The van der Waals surface area contributed by atoms with E-state index in [0.717, 1.165) is 17.8 Å². The van der Waals surface area contributed by atoms with Gasteiger partial charge < -0.3 is 10.3 Å². The van der Waals surface area contributed by atoms with Crippen LogP contribution in [0.5, 0.6) is 0 Å². The Bertz CT molecular complexity index is 476. The van der Waals surface area contributed by atoms with Crippen molar-refractivity contribution in [2.24, 2.45) is 23.5 Å². The summed E-state index contributed by atoms with van der Waals surface area (Å²) >= 11 is 0. The molecule has 4 aliphatic rings. The lowest BCUT2D eigenvalue weighted by atomic mass is 9.53. The molecule has 0 aliphatic heterocycles. The van der Waals surface area contributed by atoms with E-state index in [1.54, 1.807) is 0 Å². The van der Waals surface area contributed by atoms with Crippen molar-refractivity contribution in [2.75, 3.05) is 0 Å². The minimum absolute atomic E-state index is 0.455. The first-order valence-corrected chi connectivity index (χ1v) is 7.99. The number of nitrogens with zero attached hydrogens (tertiary/aromatic N) is 1. The van der Waals surface area contributed by atoms with Crippen molar-refractivity contribution in [3.05, 3.63) is 23.0 Å². The Morgan fingerprint density at radius 1 is 1.11 bits per heavy atom. The van der Waals surface area contributed by atoms with Crippen molar-refractivity contribution in [3.63, 3.8) is 0 Å². The van der Waals surface area contributed by atoms with Crippen LogP contribution in [-0.2, 0) is 12.1 Å². The predicted octanol–water partition coefficient (Wildman–Crippen LogP) is 3.49. The van der Waals surface area contributed by atoms with Gasteiger partial charge in [-0.1, -0.05) is 0 Å². The summed E-state index contributed by atoms with van der Waals surface area (Å²) in [5.74, 6) is 3.02. The molecule has 1 aromatic heterocycles. The molecule has 0 unspecified atom stereocenters. The molecule has 2 N–H and O–H groups in total. The average Bonchev–Trinajstić information content (AvgIpc) is 2.62. The Morgan fingerprint density at radius 3 is 2.05 bits per heavy atom. The summed E-state index contributed by atoms with van der Waals surface area (Å²) in [6.07, 6.45) is 8.84. The van der Waals surface area contributed by atoms with Crippen molar-refractivity contribution in [2.45, 2.75) is 64.5 Å². The Balaban J connectivity index is 1.81. The third-order valence-corrected chi connectivity index (χ3v) is 6.24. The fourth-order valence-electron chi connectivity index (χ4n) is 6.10. The van der Waals surface area contributed by atoms with Crippen LogP contribution >= 0.6 is 0 Å². The van der Waals surface area contributed by atoms with E-state index < -0.39 is 0 Å². The van der Waals surface area contributed by atoms with Gasteiger partial charge in [0.15, 0.2) is 0 Å². The van der Waals surface area contributed by atoms with Crippen LogP contribution in [0.1, 0.15) is 55.5 Å². The van der Waals surface area contributed by atoms with Gasteiger partial charge >= 0.3 is 0 Å². The predicted molar refractivity (Wildman–Crippen MR) is 77.9 cm³/mol. The van der Waals surface area contributed by atoms with Gasteiger partial charge in [-0.3, -0.25) is 0 Å². The van der Waals surface area contributed by atoms with E-state index in [4.69, 9.17) is 5.73 Å². The number of aromatic nitrogens is 1. The fraction of sp³-hybridized carbons (Fsp3) is 0.765. The van der Waals surface area contributed by atoms with E-state index in [-0.39, 0.29) is 0 Å². The van der Waals surface area contributed by atoms with Crippen LogP contribution in [-0.4, -0.2) is 4.57 Å². The van der Waals surface area contributed by atoms with Gasteiger partial charge in [0.25, 0.3) is 0 Å². The van der Waals surface area contributed by atoms with Crippen LogP contribution < -0.4 is 5.73 Å². The van der Waals surface area contributed by atoms with Gasteiger partial charge in [0.05, 0.1) is 0 Å². The lowest BCUT2D eigenvalue weighted by molar-refractivity contribution is -0.0446. The molecule has 0 spiro atoms. The highest BCUT2D eigenvalue weighted by Gasteiger charge is 2.52. The van der Waals surface area contributed by atoms with Crippen LogP contribution in [0, 0.1) is 31.6 Å². The van der Waals surface area contributed by atoms with Gasteiger partial charge in [-0.15, -0.1) is 0 Å². The Morgan fingerprint density at radius 2 is 1.63 bits per heavy atom. The highest BCUT2D eigenvalue weighted by Crippen LogP contribution is 2.59. The maximum atomic E-state index is 5.91. The van der Waals surface area contributed by atoms with E-state index in [1.807, 2.05) is 0 Å². The molecule has 0 radical (unpaired) electrons. The molecule has 4 bridgehead atoms. The summed E-state index contributed by atoms with van der Waals surface area (Å²) in [5.41, 5.74) is 10.6. The van der Waals surface area contributed by atoms with Crippen molar-refractivity contribution in [1.29, 1.82) is 0 Å². The Kier molecular flexibility index (Phi) is 2.45. The highest BCUT2D eigenvalue weighted by atomic mass is 15.1. The zero-order valence-corrected chi connectivity index (χ0v) is 12.3. The SMILES string of the molecule is Cc1cc(CN)c(C)n1C12CC3CC(CC(C3)C1)C2. The summed E-state index contributed by atoms with van der Waals surface area (Å²) in [4.78, 5) is 0. The maximum absolute atomic E-state index is 5.91. The molecular weight excluding hydrogens is 232 g/mol. The zero-order valence-electron chi connectivity index (χ0n) is 12.3. The quantitative estimate of drug-likeness (QED) is 0.865. The molecule has 4 aliphatic carbocycles. The molecule has 1 heterocycles. The number of rotatable bonds is 2. The molecule has 4 saturated carbocycles. The van der Waals surface area contributed by atoms with Crippen molar-refractivity contribution in [3.8, 4) is 0 Å². The van der Waals surface area contributed by atoms with E-state index in [9.17, 15) is 0 Å². The molecule has 0 atom stereocenters. The van der Waals surface area contributed by atoms with E-state index in [2.05, 4.69) is 24.5 Å². The smallest absolute Gasteiger partial charge is 0.0453 e. The summed E-state index contributed by atoms with van der Waals surface area (Å²) in [6.45, 7) is 5.25. The molecule has 2 nitrogen and oxygen atoms in total. The Labute approximate surface area is 116 Å². The minimum Gasteiger partial charge on any atom is -0.343 e. The molecule has 104 valence electrons. The first kappa shape index (κ1) is 12.0. The number of hydrogen-bond acceptors (Lipinski definition) is 1. The minimum atomic E-state index is 0.455. The second-order valence-electron chi connectivity index (χ2n) is 7.58. The molecule has 19 heavy (non-hydrogen) atoms. The average molecular weight is 258 g/mol. The first-order valence-electron chi connectivity index (χ1n) is 7.99. The monoisotopic (exact) mass is 258 g/mol. The van der Waals surface area contributed by atoms with Gasteiger partial charge in [-0.2, -0.15) is 0 Å². The molecule has 0 aromatic carbocycles. The second-order valence-corrected chi connectivity index (χ2v) is 7.58. The third-order valence-electron chi connectivity index (χ3n) is 6.24. The zero-order chi connectivity index (χ0) is 13.2. The third kappa shape index (κ3) is 1.59. The van der Waals surface area contributed by atoms with Gasteiger partial charge in [0.2, 0.25) is 0 Å². The molecular formula is C17H26N2. The van der Waals surface area contributed by atoms with Crippen LogP contribution in [0.3, 0.4) is 0 Å². The van der Waals surface area contributed by atoms with E-state index in [0.29, 0.717) is 12.1 Å². The molecule has 5 rings (SSSR count). The molecule has 2 heteroatoms. The van der Waals surface area contributed by atoms with Gasteiger partial charge in [-0.05, 0) is 81.8 Å². The van der Waals surface area contributed by atoms with E-state index in [1.165, 1.54) is 55.5 Å². The largest absolute Gasteiger partial charge is 0.343 e. The standard InChI is InChI=1S/C17H26N2/c1-11-3-16(10-18)12(2)19(11)17-7-13-4-14(8-17)6-15(5-13)9-17/h3,13-15H,4-10,18H2,1-2H3. The maximum Gasteiger partial charge on any atom is 0.0453 e. The van der Waals surface area contributed by atoms with Crippen LogP contribution in [0.2, 0.25) is 0 Å². The molecule has 0 saturated heterocycles. The van der Waals surface area contributed by atoms with Crippen molar-refractivity contribution >= 4 is 0 Å². The lowest BCUT2D eigenvalue weighted by Gasteiger charge is -2.58. The molecule has 0 amide bonds.